The SMILES string of the molecule is C[C@H]1Oc2cc(cnc2N)C(=NCCC(=O)OCc2ccccc2)C(=CN)CN/C(=C\C(=N)Cl)c2ccc(F)cc21. The van der Waals surface area contributed by atoms with Crippen molar-refractivity contribution < 1.29 is 18.7 Å². The molecule has 3 aromatic rings. The molecule has 6 N–H and O–H groups in total. The number of nitrogen functional groups attached to an aromatic ring is 1. The second-order valence-electron chi connectivity index (χ2n) is 9.18. The number of rotatable bonds is 6. The van der Waals surface area contributed by atoms with Crippen LogP contribution in [-0.4, -0.2) is 34.9 Å². The van der Waals surface area contributed by atoms with Crippen LogP contribution in [0.3, 0.4) is 0 Å². The fraction of sp³-hybridized carbons (Fsp3) is 0.200. The van der Waals surface area contributed by atoms with E-state index >= 15 is 0 Å². The summed E-state index contributed by atoms with van der Waals surface area (Å²) in [7, 11) is 0. The molecule has 0 saturated heterocycles. The summed E-state index contributed by atoms with van der Waals surface area (Å²) in [5, 5.41) is 10.8. The lowest BCUT2D eigenvalue weighted by Gasteiger charge is -2.24. The highest BCUT2D eigenvalue weighted by atomic mass is 35.5. The number of hydrogen-bond acceptors (Lipinski definition) is 9. The number of nitrogens with zero attached hydrogens (tertiary/aromatic N) is 2. The maximum absolute atomic E-state index is 14.3. The van der Waals surface area contributed by atoms with E-state index < -0.39 is 17.9 Å². The fourth-order valence-corrected chi connectivity index (χ4v) is 4.37. The van der Waals surface area contributed by atoms with Gasteiger partial charge in [0.05, 0.1) is 18.7 Å². The highest BCUT2D eigenvalue weighted by Gasteiger charge is 2.22. The quantitative estimate of drug-likeness (QED) is 0.242. The summed E-state index contributed by atoms with van der Waals surface area (Å²) in [6.45, 7) is 2.20. The zero-order valence-corrected chi connectivity index (χ0v) is 23.1. The normalized spacial score (nSPS) is 18.0. The first-order valence-electron chi connectivity index (χ1n) is 12.8. The highest BCUT2D eigenvalue weighted by Crippen LogP contribution is 2.32. The van der Waals surface area contributed by atoms with E-state index in [9.17, 15) is 9.18 Å². The zero-order chi connectivity index (χ0) is 29.4. The molecule has 0 saturated carbocycles. The van der Waals surface area contributed by atoms with Crippen molar-refractivity contribution in [1.82, 2.24) is 10.3 Å². The monoisotopic (exact) mass is 576 g/mol. The molecule has 41 heavy (non-hydrogen) atoms. The number of esters is 1. The molecule has 2 aromatic carbocycles. The van der Waals surface area contributed by atoms with Gasteiger partial charge in [-0.15, -0.1) is 0 Å². The smallest absolute Gasteiger partial charge is 0.307 e. The van der Waals surface area contributed by atoms with Crippen LogP contribution in [0.4, 0.5) is 10.2 Å². The molecule has 4 rings (SSSR count). The Balaban J connectivity index is 1.67. The molecule has 212 valence electrons. The van der Waals surface area contributed by atoms with E-state index in [0.29, 0.717) is 33.7 Å². The lowest BCUT2D eigenvalue weighted by atomic mass is 9.98. The van der Waals surface area contributed by atoms with Gasteiger partial charge in [0.25, 0.3) is 0 Å². The first-order valence-corrected chi connectivity index (χ1v) is 13.2. The molecule has 1 aromatic heterocycles. The number of fused-ring (bicyclic) bond motifs is 3. The number of hydrogen-bond donors (Lipinski definition) is 4. The molecule has 0 spiro atoms. The fourth-order valence-electron chi connectivity index (χ4n) is 4.26. The standard InChI is InChI=1S/C30H30ClFN6O3/c1-18-24-12-22(32)7-8-23(24)25(13-27(31)34)37-16-21(14-33)29(20-11-26(41-18)30(35)38-15-20)36-10-9-28(39)40-17-19-5-3-2-4-6-19/h2-8,11-15,18,34,37H,9-10,16-17,33H2,1H3,(H2,35,38)/b21-14?,25-13-,34-27?,36-29?/t18-/m1/s1. The van der Waals surface area contributed by atoms with E-state index in [4.69, 9.17) is 38.0 Å². The minimum absolute atomic E-state index is 0.0396. The maximum Gasteiger partial charge on any atom is 0.307 e. The summed E-state index contributed by atoms with van der Waals surface area (Å²) in [4.78, 5) is 21.4. The molecule has 9 nitrogen and oxygen atoms in total. The Kier molecular flexibility index (Phi) is 9.70. The third-order valence-electron chi connectivity index (χ3n) is 6.27. The number of carbonyl (C=O) groups excluding carboxylic acids is 1. The summed E-state index contributed by atoms with van der Waals surface area (Å²) in [5.41, 5.74) is 16.2. The van der Waals surface area contributed by atoms with Crippen LogP contribution in [0.2, 0.25) is 0 Å². The molecule has 1 aliphatic heterocycles. The minimum Gasteiger partial charge on any atom is -0.482 e. The number of halogens is 2. The van der Waals surface area contributed by atoms with Crippen molar-refractivity contribution in [1.29, 1.82) is 5.41 Å². The van der Waals surface area contributed by atoms with Gasteiger partial charge in [-0.3, -0.25) is 15.2 Å². The molecule has 1 aliphatic rings. The number of carbonyl (C=O) groups is 1. The zero-order valence-electron chi connectivity index (χ0n) is 22.4. The van der Waals surface area contributed by atoms with Crippen molar-refractivity contribution in [2.24, 2.45) is 10.7 Å². The summed E-state index contributed by atoms with van der Waals surface area (Å²) in [5.74, 6) is -0.453. The van der Waals surface area contributed by atoms with Gasteiger partial charge in [-0.25, -0.2) is 9.37 Å². The highest BCUT2D eigenvalue weighted by molar-refractivity contribution is 6.68. The predicted molar refractivity (Wildman–Crippen MR) is 158 cm³/mol. The first kappa shape index (κ1) is 29.3. The van der Waals surface area contributed by atoms with Gasteiger partial charge >= 0.3 is 5.97 Å². The van der Waals surface area contributed by atoms with Crippen LogP contribution >= 0.6 is 11.6 Å². The van der Waals surface area contributed by atoms with Crippen LogP contribution in [0.15, 0.2) is 83.6 Å². The lowest BCUT2D eigenvalue weighted by Crippen LogP contribution is -2.24. The molecule has 0 fully saturated rings. The number of ether oxygens (including phenoxy) is 2. The van der Waals surface area contributed by atoms with Crippen LogP contribution < -0.4 is 21.5 Å². The van der Waals surface area contributed by atoms with Gasteiger partial charge in [0.15, 0.2) is 11.6 Å². The average Bonchev–Trinajstić information content (AvgIpc) is 2.95. The molecule has 1 atom stereocenters. The van der Waals surface area contributed by atoms with E-state index in [-0.39, 0.29) is 42.9 Å². The third-order valence-corrected chi connectivity index (χ3v) is 6.38. The Hall–Kier alpha value is -4.70. The topological polar surface area (TPSA) is 149 Å². The van der Waals surface area contributed by atoms with E-state index in [2.05, 4.69) is 15.3 Å². The van der Waals surface area contributed by atoms with Crippen LogP contribution in [0.25, 0.3) is 5.70 Å². The minimum atomic E-state index is -0.654. The largest absolute Gasteiger partial charge is 0.482 e. The van der Waals surface area contributed by atoms with Crippen LogP contribution in [-0.2, 0) is 16.1 Å². The predicted octanol–water partition coefficient (Wildman–Crippen LogP) is 4.87. The van der Waals surface area contributed by atoms with E-state index in [0.717, 1.165) is 5.56 Å². The number of aliphatic imine (C=N–C) groups is 1. The maximum atomic E-state index is 14.3. The van der Waals surface area contributed by atoms with Gasteiger partial charge in [0.1, 0.15) is 23.7 Å². The Morgan fingerprint density at radius 1 is 1.29 bits per heavy atom. The molecule has 0 aliphatic carbocycles. The Morgan fingerprint density at radius 2 is 2.07 bits per heavy atom. The number of nitrogens with two attached hydrogens (primary N) is 2. The molecule has 0 amide bonds. The number of anilines is 1. The van der Waals surface area contributed by atoms with Crippen LogP contribution in [0.1, 0.15) is 41.7 Å². The van der Waals surface area contributed by atoms with Gasteiger partial charge in [-0.05, 0) is 42.8 Å². The second kappa shape index (κ2) is 13.6. The molecule has 2 heterocycles. The molecular weight excluding hydrogens is 547 g/mol. The van der Waals surface area contributed by atoms with Crippen LogP contribution in [0, 0.1) is 11.2 Å². The molecule has 0 radical (unpaired) electrons. The number of nitrogens with one attached hydrogen (secondary N) is 2. The van der Waals surface area contributed by atoms with Crippen molar-refractivity contribution in [3.63, 3.8) is 0 Å². The summed E-state index contributed by atoms with van der Waals surface area (Å²) in [6, 6.07) is 15.3. The van der Waals surface area contributed by atoms with Crippen molar-refractivity contribution in [2.45, 2.75) is 26.1 Å². The van der Waals surface area contributed by atoms with Gasteiger partial charge < -0.3 is 26.3 Å². The van der Waals surface area contributed by atoms with Crippen molar-refractivity contribution in [2.75, 3.05) is 18.8 Å². The third kappa shape index (κ3) is 7.70. The Bertz CT molecular complexity index is 1520. The van der Waals surface area contributed by atoms with E-state index in [1.165, 1.54) is 30.6 Å². The molecule has 11 heteroatoms. The van der Waals surface area contributed by atoms with Crippen molar-refractivity contribution in [3.05, 3.63) is 107 Å². The first-order chi connectivity index (χ1) is 19.7. The number of allylic oxidation sites excluding steroid dienone is 1. The number of aromatic nitrogens is 1. The van der Waals surface area contributed by atoms with Gasteiger partial charge in [-0.1, -0.05) is 41.9 Å². The molecule has 2 bridgehead atoms. The summed E-state index contributed by atoms with van der Waals surface area (Å²) in [6.07, 6.45) is 3.73. The van der Waals surface area contributed by atoms with E-state index in [1.807, 2.05) is 30.3 Å². The number of benzene rings is 2. The summed E-state index contributed by atoms with van der Waals surface area (Å²) >= 11 is 5.93. The van der Waals surface area contributed by atoms with Crippen LogP contribution in [0.5, 0.6) is 5.75 Å². The molecular formula is C30H30ClFN6O3. The lowest BCUT2D eigenvalue weighted by molar-refractivity contribution is -0.144. The summed E-state index contributed by atoms with van der Waals surface area (Å²) < 4.78 is 25.8. The Morgan fingerprint density at radius 3 is 2.80 bits per heavy atom. The van der Waals surface area contributed by atoms with Gasteiger partial charge in [0.2, 0.25) is 0 Å². The Labute approximate surface area is 242 Å². The van der Waals surface area contributed by atoms with Gasteiger partial charge in [-0.2, -0.15) is 0 Å². The molecule has 0 unspecified atom stereocenters. The number of pyridine rings is 1. The second-order valence-corrected chi connectivity index (χ2v) is 9.58. The van der Waals surface area contributed by atoms with Crippen molar-refractivity contribution in [3.8, 4) is 5.75 Å². The van der Waals surface area contributed by atoms with E-state index in [1.54, 1.807) is 19.1 Å². The van der Waals surface area contributed by atoms with Gasteiger partial charge in [0, 0.05) is 46.9 Å². The average molecular weight is 577 g/mol. The van der Waals surface area contributed by atoms with Crippen molar-refractivity contribution >= 4 is 40.0 Å².